The van der Waals surface area contributed by atoms with Crippen LogP contribution in [0.2, 0.25) is 0 Å². The zero-order valence-electron chi connectivity index (χ0n) is 33.7. The van der Waals surface area contributed by atoms with Crippen LogP contribution in [0.5, 0.6) is 0 Å². The molecule has 0 aromatic carbocycles. The first-order valence-electron chi connectivity index (χ1n) is 20.3. The Kier molecular flexibility index (Phi) is 33.3. The maximum Gasteiger partial charge on any atom is 0.268 e. The fourth-order valence-corrected chi connectivity index (χ4v) is 5.88. The van der Waals surface area contributed by atoms with Crippen molar-refractivity contribution in [3.8, 4) is 0 Å². The lowest BCUT2D eigenvalue weighted by molar-refractivity contribution is -0.870. The van der Waals surface area contributed by atoms with Crippen LogP contribution in [0, 0.1) is 0 Å². The third-order valence-corrected chi connectivity index (χ3v) is 9.36. The van der Waals surface area contributed by atoms with Gasteiger partial charge in [-0.05, 0) is 70.6 Å². The Bertz CT molecular complexity index is 1080. The average Bonchev–Trinajstić information content (AvgIpc) is 3.09. The summed E-state index contributed by atoms with van der Waals surface area (Å²) in [5, 5.41) is 13.7. The van der Waals surface area contributed by atoms with Crippen LogP contribution in [-0.2, 0) is 18.4 Å². The maximum absolute atomic E-state index is 12.8. The van der Waals surface area contributed by atoms with Crippen LogP contribution in [0.3, 0.4) is 0 Å². The number of carbonyl (C=O) groups excluding carboxylic acids is 1. The predicted molar refractivity (Wildman–Crippen MR) is 219 cm³/mol. The molecule has 0 spiro atoms. The highest BCUT2D eigenvalue weighted by atomic mass is 31.2. The molecule has 0 aromatic rings. The minimum Gasteiger partial charge on any atom is -0.756 e. The molecule has 3 unspecified atom stereocenters. The molecule has 0 aliphatic heterocycles. The second kappa shape index (κ2) is 34.7. The molecule has 0 bridgehead atoms. The maximum atomic E-state index is 12.8. The van der Waals surface area contributed by atoms with Crippen LogP contribution in [0.15, 0.2) is 72.9 Å². The third kappa shape index (κ3) is 36.3. The summed E-state index contributed by atoms with van der Waals surface area (Å²) >= 11 is 0. The minimum absolute atomic E-state index is 0.0134. The van der Waals surface area contributed by atoms with Gasteiger partial charge < -0.3 is 28.8 Å². The van der Waals surface area contributed by atoms with E-state index in [0.29, 0.717) is 17.4 Å². The fraction of sp³-hybridized carbons (Fsp3) is 0.698. The topological polar surface area (TPSA) is 108 Å². The number of aliphatic hydroxyl groups excluding tert-OH is 1. The molecular formula is C43H77N2O6P. The lowest BCUT2D eigenvalue weighted by Crippen LogP contribution is -2.45. The van der Waals surface area contributed by atoms with Crippen molar-refractivity contribution in [2.75, 3.05) is 40.9 Å². The largest absolute Gasteiger partial charge is 0.756 e. The first-order valence-corrected chi connectivity index (χ1v) is 21.8. The van der Waals surface area contributed by atoms with Crippen LogP contribution in [0.25, 0.3) is 0 Å². The van der Waals surface area contributed by atoms with Crippen molar-refractivity contribution in [1.29, 1.82) is 0 Å². The minimum atomic E-state index is -4.60. The number of phosphoric ester groups is 1. The van der Waals surface area contributed by atoms with Gasteiger partial charge in [0.25, 0.3) is 7.82 Å². The van der Waals surface area contributed by atoms with E-state index in [0.717, 1.165) is 77.0 Å². The van der Waals surface area contributed by atoms with Crippen molar-refractivity contribution in [2.24, 2.45) is 0 Å². The van der Waals surface area contributed by atoms with Gasteiger partial charge in [-0.3, -0.25) is 9.36 Å². The number of phosphoric acid groups is 1. The fourth-order valence-electron chi connectivity index (χ4n) is 5.16. The van der Waals surface area contributed by atoms with E-state index in [1.165, 1.54) is 44.9 Å². The highest BCUT2D eigenvalue weighted by molar-refractivity contribution is 7.45. The highest BCUT2D eigenvalue weighted by Gasteiger charge is 2.23. The molecule has 0 rings (SSSR count). The standard InChI is InChI=1S/C43H77N2O6P/c1-6-8-10-12-14-16-18-19-20-21-22-23-24-25-27-29-31-33-35-37-43(47)44-41(40-51-52(48,49)50-39-38-45(3,4)5)42(46)36-34-32-30-28-26-17-15-13-11-9-7-2/h8,10,14,16,19-20,22-23,26,28,34,36,41-42,46H,6-7,9,11-13,15,17-18,21,24-25,27,29-33,35,37-40H2,1-5H3,(H-,44,47,48,49)/b10-8-,16-14-,20-19-,23-22-,28-26+,36-34+. The molecule has 0 radical (unpaired) electrons. The van der Waals surface area contributed by atoms with E-state index in [1.807, 2.05) is 27.2 Å². The number of rotatable bonds is 35. The molecule has 9 heteroatoms. The molecule has 0 aliphatic rings. The molecule has 3 atom stereocenters. The normalized spacial score (nSPS) is 15.3. The molecule has 8 nitrogen and oxygen atoms in total. The molecule has 0 heterocycles. The Morgan fingerprint density at radius 1 is 0.692 bits per heavy atom. The third-order valence-electron chi connectivity index (χ3n) is 8.40. The van der Waals surface area contributed by atoms with Crippen molar-refractivity contribution in [1.82, 2.24) is 5.32 Å². The quantitative estimate of drug-likeness (QED) is 0.0289. The van der Waals surface area contributed by atoms with Gasteiger partial charge >= 0.3 is 0 Å². The lowest BCUT2D eigenvalue weighted by atomic mass is 10.1. The van der Waals surface area contributed by atoms with Crippen LogP contribution in [-0.4, -0.2) is 68.5 Å². The van der Waals surface area contributed by atoms with Gasteiger partial charge in [0.05, 0.1) is 39.9 Å². The van der Waals surface area contributed by atoms with Gasteiger partial charge in [-0.15, -0.1) is 0 Å². The first kappa shape index (κ1) is 49.9. The van der Waals surface area contributed by atoms with E-state index in [4.69, 9.17) is 9.05 Å². The number of hydrogen-bond donors (Lipinski definition) is 2. The number of hydrogen-bond acceptors (Lipinski definition) is 6. The smallest absolute Gasteiger partial charge is 0.268 e. The number of carbonyl (C=O) groups is 1. The molecule has 0 saturated heterocycles. The first-order chi connectivity index (χ1) is 25.0. The Labute approximate surface area is 319 Å². The summed E-state index contributed by atoms with van der Waals surface area (Å²) in [6.07, 6.45) is 45.2. The van der Waals surface area contributed by atoms with Crippen LogP contribution in [0.4, 0.5) is 0 Å². The van der Waals surface area contributed by atoms with E-state index in [-0.39, 0.29) is 12.5 Å². The van der Waals surface area contributed by atoms with Gasteiger partial charge in [-0.2, -0.15) is 0 Å². The highest BCUT2D eigenvalue weighted by Crippen LogP contribution is 2.38. The van der Waals surface area contributed by atoms with Gasteiger partial charge in [-0.25, -0.2) is 0 Å². The zero-order chi connectivity index (χ0) is 38.6. The number of nitrogens with one attached hydrogen (secondary N) is 1. The summed E-state index contributed by atoms with van der Waals surface area (Å²) in [6.45, 7) is 4.44. The van der Waals surface area contributed by atoms with Crippen molar-refractivity contribution in [3.05, 3.63) is 72.9 Å². The average molecular weight is 749 g/mol. The molecule has 300 valence electrons. The molecule has 0 aromatic heterocycles. The zero-order valence-corrected chi connectivity index (χ0v) is 34.6. The summed E-state index contributed by atoms with van der Waals surface area (Å²) in [4.78, 5) is 25.2. The second-order valence-electron chi connectivity index (χ2n) is 14.6. The summed E-state index contributed by atoms with van der Waals surface area (Å²) in [5.41, 5.74) is 0. The SMILES string of the molecule is CC/C=C\C/C=C\C/C=C\C/C=C\CCCCCCCCC(=O)NC(COP(=O)([O-])OCC[N+](C)(C)C)C(O)/C=C/CC/C=C/CCCCCCC. The Hall–Kier alpha value is -2.06. The van der Waals surface area contributed by atoms with E-state index < -0.39 is 26.6 Å². The lowest BCUT2D eigenvalue weighted by Gasteiger charge is -2.29. The van der Waals surface area contributed by atoms with Crippen molar-refractivity contribution in [3.63, 3.8) is 0 Å². The van der Waals surface area contributed by atoms with E-state index >= 15 is 0 Å². The monoisotopic (exact) mass is 749 g/mol. The van der Waals surface area contributed by atoms with Gasteiger partial charge in [-0.1, -0.05) is 138 Å². The van der Waals surface area contributed by atoms with Crippen LogP contribution >= 0.6 is 7.82 Å². The number of allylic oxidation sites excluding steroid dienone is 11. The van der Waals surface area contributed by atoms with Gasteiger partial charge in [0.2, 0.25) is 5.91 Å². The Balaban J connectivity index is 4.51. The van der Waals surface area contributed by atoms with E-state index in [1.54, 1.807) is 6.08 Å². The molecule has 0 fully saturated rings. The number of quaternary nitrogens is 1. The Morgan fingerprint density at radius 2 is 1.19 bits per heavy atom. The summed E-state index contributed by atoms with van der Waals surface area (Å²) < 4.78 is 23.1. The number of unbranched alkanes of at least 4 members (excludes halogenated alkanes) is 12. The number of aliphatic hydroxyl groups is 1. The van der Waals surface area contributed by atoms with Crippen LogP contribution in [0.1, 0.15) is 142 Å². The van der Waals surface area contributed by atoms with Crippen LogP contribution < -0.4 is 10.2 Å². The summed E-state index contributed by atoms with van der Waals surface area (Å²) in [5.74, 6) is -0.228. The van der Waals surface area contributed by atoms with Crippen molar-refractivity contribution < 1.29 is 32.9 Å². The van der Waals surface area contributed by atoms with Gasteiger partial charge in [0.1, 0.15) is 13.2 Å². The van der Waals surface area contributed by atoms with Crippen molar-refractivity contribution in [2.45, 2.75) is 154 Å². The number of amides is 1. The summed E-state index contributed by atoms with van der Waals surface area (Å²) in [6, 6.07) is -0.912. The van der Waals surface area contributed by atoms with E-state index in [9.17, 15) is 19.4 Å². The molecule has 1 amide bonds. The number of likely N-dealkylation sites (N-methyl/N-ethyl adjacent to an activating group) is 1. The predicted octanol–water partition coefficient (Wildman–Crippen LogP) is 10.2. The van der Waals surface area contributed by atoms with Gasteiger partial charge in [0.15, 0.2) is 0 Å². The summed E-state index contributed by atoms with van der Waals surface area (Å²) in [7, 11) is 1.22. The molecule has 0 saturated carbocycles. The molecule has 52 heavy (non-hydrogen) atoms. The molecule has 2 N–H and O–H groups in total. The second-order valence-corrected chi connectivity index (χ2v) is 16.0. The van der Waals surface area contributed by atoms with Gasteiger partial charge in [0, 0.05) is 6.42 Å². The van der Waals surface area contributed by atoms with Crippen molar-refractivity contribution >= 4 is 13.7 Å². The Morgan fingerprint density at radius 3 is 1.79 bits per heavy atom. The molecule has 0 aliphatic carbocycles. The number of nitrogens with zero attached hydrogens (tertiary/aromatic N) is 1. The van der Waals surface area contributed by atoms with E-state index in [2.05, 4.69) is 79.9 Å². The molecular weight excluding hydrogens is 671 g/mol.